The first-order valence-electron chi connectivity index (χ1n) is 5.20. The van der Waals surface area contributed by atoms with E-state index in [1.807, 2.05) is 0 Å². The third kappa shape index (κ3) is 1.81. The van der Waals surface area contributed by atoms with E-state index < -0.39 is 0 Å². The molecule has 0 amide bonds. The lowest BCUT2D eigenvalue weighted by Gasteiger charge is -2.08. The molecule has 14 heavy (non-hydrogen) atoms. The highest BCUT2D eigenvalue weighted by Crippen LogP contribution is 2.49. The van der Waals surface area contributed by atoms with Crippen LogP contribution in [0.1, 0.15) is 32.3 Å². The summed E-state index contributed by atoms with van der Waals surface area (Å²) in [6.45, 7) is 4.19. The van der Waals surface area contributed by atoms with Gasteiger partial charge in [0.15, 0.2) is 0 Å². The largest absolute Gasteiger partial charge is 0.126 e. The van der Waals surface area contributed by atoms with Crippen molar-refractivity contribution in [2.75, 3.05) is 0 Å². The molecule has 72 valence electrons. The Morgan fingerprint density at radius 2 is 1.86 bits per heavy atom. The third-order valence-electron chi connectivity index (χ3n) is 2.77. The van der Waals surface area contributed by atoms with Crippen molar-refractivity contribution < 1.29 is 0 Å². The molecule has 0 heterocycles. The fraction of sp³-hybridized carbons (Fsp3) is 0.357. The maximum atomic E-state index is 3.34. The van der Waals surface area contributed by atoms with Crippen molar-refractivity contribution >= 4 is 0 Å². The molecule has 0 radical (unpaired) electrons. The van der Waals surface area contributed by atoms with Crippen LogP contribution in [0.2, 0.25) is 0 Å². The average Bonchev–Trinajstić information content (AvgIpc) is 2.97. The zero-order valence-corrected chi connectivity index (χ0v) is 8.88. The number of allylic oxidation sites excluding steroid dienone is 1. The van der Waals surface area contributed by atoms with Gasteiger partial charge in [-0.2, -0.15) is 0 Å². The first-order valence-corrected chi connectivity index (χ1v) is 5.20. The average molecular weight is 184 g/mol. The van der Waals surface area contributed by atoms with Gasteiger partial charge < -0.3 is 0 Å². The van der Waals surface area contributed by atoms with E-state index in [2.05, 4.69) is 56.0 Å². The normalized spacial score (nSPS) is 17.0. The Hall–Kier alpha value is -1.26. The smallest absolute Gasteiger partial charge is 0.0208 e. The van der Waals surface area contributed by atoms with Crippen LogP contribution in [-0.4, -0.2) is 0 Å². The van der Waals surface area contributed by atoms with Gasteiger partial charge in [0.25, 0.3) is 0 Å². The molecule has 0 unspecified atom stereocenters. The van der Waals surface area contributed by atoms with Gasteiger partial charge in [-0.1, -0.05) is 30.3 Å². The van der Waals surface area contributed by atoms with Crippen molar-refractivity contribution in [1.82, 2.24) is 0 Å². The Kier molecular flexibility index (Phi) is 2.31. The monoisotopic (exact) mass is 184 g/mol. The zero-order valence-electron chi connectivity index (χ0n) is 8.88. The minimum Gasteiger partial charge on any atom is -0.126 e. The third-order valence-corrected chi connectivity index (χ3v) is 2.77. The van der Waals surface area contributed by atoms with Gasteiger partial charge in [0.1, 0.15) is 0 Å². The van der Waals surface area contributed by atoms with Gasteiger partial charge in [0.05, 0.1) is 0 Å². The predicted molar refractivity (Wildman–Crippen MR) is 60.3 cm³/mol. The Balaban J connectivity index is 2.31. The lowest BCUT2D eigenvalue weighted by Crippen LogP contribution is -2.00. The summed E-state index contributed by atoms with van der Waals surface area (Å²) in [5.74, 6) is 0. The van der Waals surface area contributed by atoms with Crippen LogP contribution in [0.3, 0.4) is 0 Å². The molecular formula is C14H16. The SMILES string of the molecule is CC(C)=C=CC1(c2ccccc2)CC1. The molecule has 0 nitrogen and oxygen atoms in total. The molecule has 1 aliphatic rings. The second kappa shape index (κ2) is 3.48. The maximum absolute atomic E-state index is 3.34. The highest BCUT2D eigenvalue weighted by Gasteiger charge is 2.41. The number of rotatable bonds is 2. The second-order valence-corrected chi connectivity index (χ2v) is 4.31. The number of hydrogen-bond donors (Lipinski definition) is 0. The van der Waals surface area contributed by atoms with Crippen LogP contribution in [0.25, 0.3) is 0 Å². The van der Waals surface area contributed by atoms with Gasteiger partial charge >= 0.3 is 0 Å². The Labute approximate surface area is 86.0 Å². The van der Waals surface area contributed by atoms with Crippen molar-refractivity contribution in [3.05, 3.63) is 53.3 Å². The van der Waals surface area contributed by atoms with E-state index in [1.165, 1.54) is 24.0 Å². The van der Waals surface area contributed by atoms with Crippen molar-refractivity contribution in [3.63, 3.8) is 0 Å². The van der Waals surface area contributed by atoms with Crippen molar-refractivity contribution in [2.24, 2.45) is 0 Å². The highest BCUT2D eigenvalue weighted by atomic mass is 14.4. The minimum absolute atomic E-state index is 0.318. The summed E-state index contributed by atoms with van der Waals surface area (Å²) in [5.41, 5.74) is 6.35. The van der Waals surface area contributed by atoms with Crippen LogP contribution in [0.4, 0.5) is 0 Å². The summed E-state index contributed by atoms with van der Waals surface area (Å²) in [5, 5.41) is 0. The van der Waals surface area contributed by atoms with Crippen LogP contribution in [0.5, 0.6) is 0 Å². The number of hydrogen-bond acceptors (Lipinski definition) is 0. The van der Waals surface area contributed by atoms with Gasteiger partial charge in [0.2, 0.25) is 0 Å². The summed E-state index contributed by atoms with van der Waals surface area (Å²) in [7, 11) is 0. The van der Waals surface area contributed by atoms with Gasteiger partial charge in [-0.25, -0.2) is 0 Å². The van der Waals surface area contributed by atoms with Crippen LogP contribution in [0.15, 0.2) is 47.7 Å². The topological polar surface area (TPSA) is 0 Å². The molecule has 1 saturated carbocycles. The zero-order chi connectivity index (χ0) is 10.0. The second-order valence-electron chi connectivity index (χ2n) is 4.31. The van der Waals surface area contributed by atoms with Crippen LogP contribution >= 0.6 is 0 Å². The first kappa shape index (κ1) is 9.30. The summed E-state index contributed by atoms with van der Waals surface area (Å²) in [6, 6.07) is 10.7. The lowest BCUT2D eigenvalue weighted by atomic mass is 9.96. The molecule has 0 bridgehead atoms. The van der Waals surface area contributed by atoms with E-state index in [-0.39, 0.29) is 0 Å². The van der Waals surface area contributed by atoms with E-state index >= 15 is 0 Å². The molecule has 1 aromatic rings. The van der Waals surface area contributed by atoms with E-state index in [0.717, 1.165) is 0 Å². The molecule has 0 saturated heterocycles. The lowest BCUT2D eigenvalue weighted by molar-refractivity contribution is 0.892. The van der Waals surface area contributed by atoms with Gasteiger partial charge in [-0.05, 0) is 43.9 Å². The van der Waals surface area contributed by atoms with E-state index in [9.17, 15) is 0 Å². The van der Waals surface area contributed by atoms with Gasteiger partial charge in [0, 0.05) is 5.41 Å². The van der Waals surface area contributed by atoms with E-state index in [0.29, 0.717) is 5.41 Å². The van der Waals surface area contributed by atoms with Crippen LogP contribution < -0.4 is 0 Å². The minimum atomic E-state index is 0.318. The fourth-order valence-electron chi connectivity index (χ4n) is 1.70. The standard InChI is InChI=1S/C14H16/c1-12(2)8-9-14(10-11-14)13-6-4-3-5-7-13/h3-7,9H,10-11H2,1-2H3. The number of benzene rings is 1. The van der Waals surface area contributed by atoms with Crippen molar-refractivity contribution in [3.8, 4) is 0 Å². The summed E-state index contributed by atoms with van der Waals surface area (Å²) in [4.78, 5) is 0. The maximum Gasteiger partial charge on any atom is 0.0208 e. The molecule has 1 fully saturated rings. The molecule has 0 N–H and O–H groups in total. The van der Waals surface area contributed by atoms with Crippen LogP contribution in [0, 0.1) is 0 Å². The Morgan fingerprint density at radius 3 is 2.36 bits per heavy atom. The summed E-state index contributed by atoms with van der Waals surface area (Å²) >= 11 is 0. The molecule has 0 aromatic heterocycles. The molecule has 0 aliphatic heterocycles. The summed E-state index contributed by atoms with van der Waals surface area (Å²) < 4.78 is 0. The Morgan fingerprint density at radius 1 is 1.21 bits per heavy atom. The molecule has 1 aliphatic carbocycles. The van der Waals surface area contributed by atoms with Gasteiger partial charge in [-0.15, -0.1) is 5.73 Å². The van der Waals surface area contributed by atoms with Gasteiger partial charge in [-0.3, -0.25) is 0 Å². The predicted octanol–water partition coefficient (Wildman–Crippen LogP) is 3.84. The molecule has 2 rings (SSSR count). The molecule has 0 spiro atoms. The first-order chi connectivity index (χ1) is 6.73. The fourth-order valence-corrected chi connectivity index (χ4v) is 1.70. The highest BCUT2D eigenvalue weighted by molar-refractivity contribution is 5.37. The molecular weight excluding hydrogens is 168 g/mol. The molecule has 1 aromatic carbocycles. The Bertz CT molecular complexity index is 370. The van der Waals surface area contributed by atoms with Crippen molar-refractivity contribution in [2.45, 2.75) is 32.1 Å². The molecule has 0 heteroatoms. The van der Waals surface area contributed by atoms with Crippen LogP contribution in [-0.2, 0) is 5.41 Å². The van der Waals surface area contributed by atoms with E-state index in [4.69, 9.17) is 0 Å². The van der Waals surface area contributed by atoms with Crippen molar-refractivity contribution in [1.29, 1.82) is 0 Å². The quantitative estimate of drug-likeness (QED) is 0.613. The van der Waals surface area contributed by atoms with E-state index in [1.54, 1.807) is 0 Å². The molecule has 0 atom stereocenters. The summed E-state index contributed by atoms with van der Waals surface area (Å²) in [6.07, 6.45) is 4.80.